The molecule has 0 aliphatic carbocycles. The maximum Gasteiger partial charge on any atom is 0.261 e. The minimum absolute atomic E-state index is 0.0420. The van der Waals surface area contributed by atoms with E-state index in [4.69, 9.17) is 4.98 Å². The molecule has 0 aliphatic rings. The van der Waals surface area contributed by atoms with Gasteiger partial charge in [0.1, 0.15) is 0 Å². The fraction of sp³-hybridized carbons (Fsp3) is 0.364. The lowest BCUT2D eigenvalue weighted by Gasteiger charge is -2.22. The normalized spacial score (nSPS) is 11.9. The average Bonchev–Trinajstić information content (AvgIpc) is 3.06. The number of rotatable bonds is 7. The zero-order valence-electron chi connectivity index (χ0n) is 18.0. The quantitative estimate of drug-likeness (QED) is 0.551. The van der Waals surface area contributed by atoms with Gasteiger partial charge in [-0.05, 0) is 76.3 Å². The molecule has 0 saturated heterocycles. The van der Waals surface area contributed by atoms with Gasteiger partial charge in [0.2, 0.25) is 0 Å². The Labute approximate surface area is 182 Å². The minimum atomic E-state index is -3.54. The highest BCUT2D eigenvalue weighted by atomic mass is 32.2. The van der Waals surface area contributed by atoms with Crippen molar-refractivity contribution in [3.63, 3.8) is 0 Å². The third-order valence-corrected chi connectivity index (χ3v) is 7.17. The number of amides is 1. The molecular formula is C22H27N3O3S2. The van der Waals surface area contributed by atoms with Crippen molar-refractivity contribution >= 4 is 42.4 Å². The fourth-order valence-electron chi connectivity index (χ4n) is 3.22. The van der Waals surface area contributed by atoms with E-state index in [0.29, 0.717) is 11.7 Å². The number of hydrogen-bond donors (Lipinski definition) is 0. The number of aromatic nitrogens is 1. The number of aryl methyl sites for hydroxylation is 2. The number of thiazole rings is 1. The van der Waals surface area contributed by atoms with Crippen LogP contribution < -0.4 is 4.90 Å². The summed E-state index contributed by atoms with van der Waals surface area (Å²) in [5.74, 6) is -0.345. The van der Waals surface area contributed by atoms with Crippen LogP contribution in [0.5, 0.6) is 0 Å². The first-order valence-electron chi connectivity index (χ1n) is 9.71. The smallest absolute Gasteiger partial charge is 0.261 e. The molecule has 0 fully saturated rings. The summed E-state index contributed by atoms with van der Waals surface area (Å²) >= 11 is 1.45. The van der Waals surface area contributed by atoms with Crippen LogP contribution >= 0.6 is 11.3 Å². The lowest BCUT2D eigenvalue weighted by atomic mass is 10.1. The van der Waals surface area contributed by atoms with Gasteiger partial charge in [-0.1, -0.05) is 23.5 Å². The number of carbonyl (C=O) groups excluding carboxylic acids is 1. The Morgan fingerprint density at radius 1 is 1.07 bits per heavy atom. The highest BCUT2D eigenvalue weighted by Crippen LogP contribution is 2.32. The minimum Gasteiger partial charge on any atom is -0.309 e. The van der Waals surface area contributed by atoms with Crippen molar-refractivity contribution in [2.24, 2.45) is 0 Å². The van der Waals surface area contributed by atoms with Crippen LogP contribution in [0.25, 0.3) is 10.2 Å². The number of hydrogen-bond acceptors (Lipinski definition) is 6. The van der Waals surface area contributed by atoms with Gasteiger partial charge in [-0.2, -0.15) is 0 Å². The van der Waals surface area contributed by atoms with E-state index < -0.39 is 9.84 Å². The van der Waals surface area contributed by atoms with Crippen LogP contribution in [-0.2, 0) is 9.84 Å². The summed E-state index contributed by atoms with van der Waals surface area (Å²) in [5, 5.41) is 0.585. The van der Waals surface area contributed by atoms with Gasteiger partial charge in [0.25, 0.3) is 5.91 Å². The maximum atomic E-state index is 13.5. The maximum absolute atomic E-state index is 13.5. The molecule has 6 nitrogen and oxygen atoms in total. The van der Waals surface area contributed by atoms with Crippen molar-refractivity contribution < 1.29 is 13.2 Å². The Balaban J connectivity index is 2.06. The van der Waals surface area contributed by atoms with E-state index in [9.17, 15) is 13.2 Å². The molecule has 0 aliphatic heterocycles. The molecule has 8 heteroatoms. The summed E-state index contributed by atoms with van der Waals surface area (Å²) in [5.41, 5.74) is 3.34. The number of nitrogens with zero attached hydrogens (tertiary/aromatic N) is 3. The Hall–Kier alpha value is -2.29. The predicted molar refractivity (Wildman–Crippen MR) is 123 cm³/mol. The van der Waals surface area contributed by atoms with E-state index >= 15 is 0 Å². The molecule has 0 atom stereocenters. The summed E-state index contributed by atoms with van der Waals surface area (Å²) in [6.45, 7) is 5.35. The van der Waals surface area contributed by atoms with Crippen LogP contribution in [0.3, 0.4) is 0 Å². The summed E-state index contributed by atoms with van der Waals surface area (Å²) in [6.07, 6.45) is 1.87. The molecule has 0 saturated carbocycles. The van der Waals surface area contributed by atoms with E-state index in [2.05, 4.69) is 17.9 Å². The number of anilines is 1. The first-order valence-corrected chi connectivity index (χ1v) is 12.4. The SMILES string of the molecule is Cc1cc2nc(N(CCCN(C)C)C(=O)c3ccccc3S(C)(=O)=O)sc2cc1C. The zero-order chi connectivity index (χ0) is 22.1. The van der Waals surface area contributed by atoms with E-state index in [1.807, 2.05) is 27.1 Å². The summed E-state index contributed by atoms with van der Waals surface area (Å²) in [4.78, 5) is 21.9. The lowest BCUT2D eigenvalue weighted by molar-refractivity contribution is 0.0983. The molecule has 0 bridgehead atoms. The van der Waals surface area contributed by atoms with Crippen molar-refractivity contribution in [3.8, 4) is 0 Å². The lowest BCUT2D eigenvalue weighted by Crippen LogP contribution is -2.34. The molecule has 2 aromatic carbocycles. The Morgan fingerprint density at radius 3 is 2.40 bits per heavy atom. The Morgan fingerprint density at radius 2 is 1.73 bits per heavy atom. The van der Waals surface area contributed by atoms with Crippen LogP contribution in [0.4, 0.5) is 5.13 Å². The predicted octanol–water partition coefficient (Wildman–Crippen LogP) is 3.92. The van der Waals surface area contributed by atoms with Gasteiger partial charge in [0, 0.05) is 12.8 Å². The van der Waals surface area contributed by atoms with Crippen molar-refractivity contribution in [2.45, 2.75) is 25.2 Å². The highest BCUT2D eigenvalue weighted by Gasteiger charge is 2.26. The first kappa shape index (κ1) is 22.4. The van der Waals surface area contributed by atoms with Crippen molar-refractivity contribution in [3.05, 3.63) is 53.1 Å². The molecule has 0 unspecified atom stereocenters. The van der Waals surface area contributed by atoms with Crippen molar-refractivity contribution in [1.29, 1.82) is 0 Å². The molecule has 1 aromatic heterocycles. The molecule has 0 spiro atoms. The zero-order valence-corrected chi connectivity index (χ0v) is 19.6. The van der Waals surface area contributed by atoms with E-state index in [-0.39, 0.29) is 16.4 Å². The Kier molecular flexibility index (Phi) is 6.59. The summed E-state index contributed by atoms with van der Waals surface area (Å²) in [6, 6.07) is 10.5. The molecule has 1 amide bonds. The van der Waals surface area contributed by atoms with Crippen LogP contribution in [0.15, 0.2) is 41.3 Å². The fourth-order valence-corrected chi connectivity index (χ4v) is 5.17. The standard InChI is InChI=1S/C22H27N3O3S2/c1-15-13-18-19(14-16(15)2)29-22(23-18)25(12-8-11-24(3)4)21(26)17-9-6-7-10-20(17)30(5,27)28/h6-7,9-10,13-14H,8,11-12H2,1-5H3. The van der Waals surface area contributed by atoms with Crippen molar-refractivity contribution in [2.75, 3.05) is 38.3 Å². The second-order valence-electron chi connectivity index (χ2n) is 7.78. The van der Waals surface area contributed by atoms with Crippen LogP contribution in [0, 0.1) is 13.8 Å². The van der Waals surface area contributed by atoms with Gasteiger partial charge in [-0.25, -0.2) is 13.4 Å². The van der Waals surface area contributed by atoms with E-state index in [0.717, 1.165) is 35.0 Å². The largest absolute Gasteiger partial charge is 0.309 e. The Bertz CT molecular complexity index is 1140. The molecule has 0 radical (unpaired) electrons. The van der Waals surface area contributed by atoms with Gasteiger partial charge in [-0.15, -0.1) is 0 Å². The third kappa shape index (κ3) is 4.88. The third-order valence-electron chi connectivity index (χ3n) is 4.97. The molecule has 0 N–H and O–H groups in total. The molecule has 3 rings (SSSR count). The molecular weight excluding hydrogens is 418 g/mol. The number of fused-ring (bicyclic) bond motifs is 1. The first-order chi connectivity index (χ1) is 14.1. The van der Waals surface area contributed by atoms with Gasteiger partial charge >= 0.3 is 0 Å². The van der Waals surface area contributed by atoms with Gasteiger partial charge in [-0.3, -0.25) is 9.69 Å². The monoisotopic (exact) mass is 445 g/mol. The summed E-state index contributed by atoms with van der Waals surface area (Å²) in [7, 11) is 0.424. The van der Waals surface area contributed by atoms with Crippen LogP contribution in [-0.4, -0.2) is 57.6 Å². The van der Waals surface area contributed by atoms with E-state index in [1.165, 1.54) is 23.0 Å². The number of benzene rings is 2. The van der Waals surface area contributed by atoms with Gasteiger partial charge in [0.05, 0.1) is 20.7 Å². The number of carbonyl (C=O) groups is 1. The summed E-state index contributed by atoms with van der Waals surface area (Å²) < 4.78 is 25.5. The average molecular weight is 446 g/mol. The van der Waals surface area contributed by atoms with Gasteiger partial charge in [0.15, 0.2) is 15.0 Å². The van der Waals surface area contributed by atoms with Crippen LogP contribution in [0.2, 0.25) is 0 Å². The van der Waals surface area contributed by atoms with Crippen molar-refractivity contribution in [1.82, 2.24) is 9.88 Å². The van der Waals surface area contributed by atoms with Gasteiger partial charge < -0.3 is 4.90 Å². The molecule has 160 valence electrons. The molecule has 3 aromatic rings. The molecule has 1 heterocycles. The second-order valence-corrected chi connectivity index (χ2v) is 10.8. The number of sulfone groups is 1. The second kappa shape index (κ2) is 8.83. The van der Waals surface area contributed by atoms with Crippen LogP contribution in [0.1, 0.15) is 27.9 Å². The topological polar surface area (TPSA) is 70.6 Å². The molecule has 30 heavy (non-hydrogen) atoms. The highest BCUT2D eigenvalue weighted by molar-refractivity contribution is 7.90. The van der Waals surface area contributed by atoms with E-state index in [1.54, 1.807) is 23.1 Å².